The van der Waals surface area contributed by atoms with Crippen molar-refractivity contribution in [3.8, 4) is 16.9 Å². The number of aromatic hydroxyl groups is 1. The van der Waals surface area contributed by atoms with Gasteiger partial charge in [0.15, 0.2) is 0 Å². The van der Waals surface area contributed by atoms with Gasteiger partial charge in [0.25, 0.3) is 0 Å². The molecule has 8 nitrogen and oxygen atoms in total. The Kier molecular flexibility index (Phi) is 4.62. The number of ether oxygens (including phenoxy) is 1. The summed E-state index contributed by atoms with van der Waals surface area (Å²) >= 11 is 0. The van der Waals surface area contributed by atoms with Crippen LogP contribution in [0.15, 0.2) is 55.1 Å². The van der Waals surface area contributed by atoms with Gasteiger partial charge in [0.05, 0.1) is 5.56 Å². The summed E-state index contributed by atoms with van der Waals surface area (Å²) in [6.07, 6.45) is 8.80. The molecule has 1 aromatic carbocycles. The molecule has 0 unspecified atom stereocenters. The van der Waals surface area contributed by atoms with Crippen LogP contribution >= 0.6 is 0 Å². The van der Waals surface area contributed by atoms with Gasteiger partial charge in [-0.3, -0.25) is 15.1 Å². The zero-order valence-corrected chi connectivity index (χ0v) is 16.6. The summed E-state index contributed by atoms with van der Waals surface area (Å²) in [5, 5.41) is 12.4. The summed E-state index contributed by atoms with van der Waals surface area (Å²) in [5.74, 6) is -0.287. The Morgan fingerprint density at radius 2 is 1.87 bits per heavy atom. The Labute approximate surface area is 178 Å². The number of pyridine rings is 1. The zero-order chi connectivity index (χ0) is 21.4. The van der Waals surface area contributed by atoms with Gasteiger partial charge in [-0.2, -0.15) is 0 Å². The second kappa shape index (κ2) is 7.46. The van der Waals surface area contributed by atoms with Crippen molar-refractivity contribution in [2.45, 2.75) is 31.3 Å². The maximum absolute atomic E-state index is 12.7. The van der Waals surface area contributed by atoms with E-state index in [9.17, 15) is 14.7 Å². The van der Waals surface area contributed by atoms with E-state index in [0.29, 0.717) is 31.2 Å². The van der Waals surface area contributed by atoms with Crippen LogP contribution in [0.5, 0.6) is 5.75 Å². The van der Waals surface area contributed by atoms with Gasteiger partial charge in [0.1, 0.15) is 11.4 Å². The molecule has 0 saturated heterocycles. The highest BCUT2D eigenvalue weighted by Crippen LogP contribution is 2.47. The van der Waals surface area contributed by atoms with Crippen LogP contribution in [0.25, 0.3) is 11.1 Å². The van der Waals surface area contributed by atoms with E-state index in [1.165, 1.54) is 0 Å². The number of nitrogens with one attached hydrogen (secondary N) is 1. The number of amides is 1. The number of fused-ring (bicyclic) bond motifs is 2. The van der Waals surface area contributed by atoms with E-state index in [2.05, 4.69) is 20.3 Å². The van der Waals surface area contributed by atoms with E-state index >= 15 is 0 Å². The first-order valence-electron chi connectivity index (χ1n) is 10.1. The van der Waals surface area contributed by atoms with E-state index in [-0.39, 0.29) is 29.5 Å². The Hall–Kier alpha value is -3.81. The number of esters is 1. The van der Waals surface area contributed by atoms with Crippen molar-refractivity contribution in [2.24, 2.45) is 5.92 Å². The molecule has 2 aromatic heterocycles. The second-order valence-electron chi connectivity index (χ2n) is 7.91. The molecular weight excluding hydrogens is 396 g/mol. The fourth-order valence-electron chi connectivity index (χ4n) is 4.40. The fourth-order valence-corrected chi connectivity index (χ4v) is 4.40. The van der Waals surface area contributed by atoms with Crippen molar-refractivity contribution in [1.29, 1.82) is 0 Å². The molecule has 2 aliphatic rings. The topological polar surface area (TPSA) is 114 Å². The van der Waals surface area contributed by atoms with E-state index in [1.807, 2.05) is 12.1 Å². The summed E-state index contributed by atoms with van der Waals surface area (Å²) in [6, 6.07) is 8.64. The number of hydrogen-bond donors (Lipinski definition) is 2. The molecule has 31 heavy (non-hydrogen) atoms. The van der Waals surface area contributed by atoms with Crippen LogP contribution < -0.4 is 5.32 Å². The molecule has 0 atom stereocenters. The molecule has 1 spiro atoms. The predicted molar refractivity (Wildman–Crippen MR) is 111 cm³/mol. The van der Waals surface area contributed by atoms with E-state index in [0.717, 1.165) is 16.7 Å². The highest BCUT2D eigenvalue weighted by molar-refractivity contribution is 5.94. The van der Waals surface area contributed by atoms with Crippen LogP contribution in [-0.2, 0) is 15.1 Å². The van der Waals surface area contributed by atoms with E-state index in [4.69, 9.17) is 4.74 Å². The molecule has 1 fully saturated rings. The Morgan fingerprint density at radius 3 is 2.61 bits per heavy atom. The minimum absolute atomic E-state index is 0.140. The second-order valence-corrected chi connectivity index (χ2v) is 7.91. The molecule has 1 aliphatic heterocycles. The zero-order valence-electron chi connectivity index (χ0n) is 16.6. The van der Waals surface area contributed by atoms with Crippen molar-refractivity contribution in [2.75, 3.05) is 5.32 Å². The predicted octanol–water partition coefficient (Wildman–Crippen LogP) is 3.44. The van der Waals surface area contributed by atoms with Crippen LogP contribution in [0.3, 0.4) is 0 Å². The Morgan fingerprint density at radius 1 is 1.10 bits per heavy atom. The minimum Gasteiger partial charge on any atom is -0.508 e. The lowest BCUT2D eigenvalue weighted by Gasteiger charge is -2.35. The SMILES string of the molecule is O=C1OC2(CCC(C(=O)Nc3ncc(-c4cccc(O)c4)cn3)CC2)c2ccncc21. The molecule has 0 radical (unpaired) electrons. The number of phenols is 1. The lowest BCUT2D eigenvalue weighted by molar-refractivity contribution is -0.122. The minimum atomic E-state index is -0.647. The third-order valence-electron chi connectivity index (χ3n) is 6.05. The van der Waals surface area contributed by atoms with Crippen LogP contribution in [0.2, 0.25) is 0 Å². The number of hydrogen-bond acceptors (Lipinski definition) is 7. The number of nitrogens with zero attached hydrogens (tertiary/aromatic N) is 3. The van der Waals surface area contributed by atoms with Crippen LogP contribution in [0.1, 0.15) is 41.6 Å². The fraction of sp³-hybridized carbons (Fsp3) is 0.261. The molecule has 5 rings (SSSR count). The number of aromatic nitrogens is 3. The van der Waals surface area contributed by atoms with Crippen molar-refractivity contribution in [3.05, 3.63) is 66.2 Å². The van der Waals surface area contributed by atoms with Crippen molar-refractivity contribution < 1.29 is 19.4 Å². The molecule has 1 saturated carbocycles. The van der Waals surface area contributed by atoms with E-state index < -0.39 is 5.60 Å². The molecule has 1 amide bonds. The van der Waals surface area contributed by atoms with Crippen molar-refractivity contribution in [1.82, 2.24) is 15.0 Å². The van der Waals surface area contributed by atoms with Gasteiger partial charge in [0.2, 0.25) is 11.9 Å². The van der Waals surface area contributed by atoms with Gasteiger partial charge in [0, 0.05) is 41.8 Å². The van der Waals surface area contributed by atoms with Crippen LogP contribution in [-0.4, -0.2) is 31.9 Å². The molecule has 2 N–H and O–H groups in total. The van der Waals surface area contributed by atoms with Gasteiger partial charge in [-0.05, 0) is 49.4 Å². The quantitative estimate of drug-likeness (QED) is 0.629. The normalized spacial score (nSPS) is 22.1. The summed E-state index contributed by atoms with van der Waals surface area (Å²) in [7, 11) is 0. The van der Waals surface area contributed by atoms with Crippen LogP contribution in [0, 0.1) is 5.92 Å². The molecule has 1 aliphatic carbocycles. The number of phenolic OH excluding ortho intramolecular Hbond substituents is 1. The summed E-state index contributed by atoms with van der Waals surface area (Å²) < 4.78 is 5.72. The lowest BCUT2D eigenvalue weighted by Crippen LogP contribution is -2.36. The van der Waals surface area contributed by atoms with Gasteiger partial charge < -0.3 is 9.84 Å². The number of benzene rings is 1. The van der Waals surface area contributed by atoms with E-state index in [1.54, 1.807) is 43.0 Å². The first kappa shape index (κ1) is 19.2. The van der Waals surface area contributed by atoms with Gasteiger partial charge in [-0.25, -0.2) is 14.8 Å². The number of anilines is 1. The smallest absolute Gasteiger partial charge is 0.341 e. The summed E-state index contributed by atoms with van der Waals surface area (Å²) in [4.78, 5) is 37.4. The molecule has 0 bridgehead atoms. The molecule has 3 aromatic rings. The average Bonchev–Trinajstić information content (AvgIpc) is 3.06. The monoisotopic (exact) mass is 416 g/mol. The van der Waals surface area contributed by atoms with Crippen molar-refractivity contribution in [3.63, 3.8) is 0 Å². The highest BCUT2D eigenvalue weighted by atomic mass is 16.6. The highest BCUT2D eigenvalue weighted by Gasteiger charge is 2.48. The summed E-state index contributed by atoms with van der Waals surface area (Å²) in [6.45, 7) is 0. The number of carbonyl (C=O) groups is 2. The lowest BCUT2D eigenvalue weighted by atomic mass is 9.75. The Balaban J connectivity index is 1.23. The number of carbonyl (C=O) groups excluding carboxylic acids is 2. The molecule has 8 heteroatoms. The Bertz CT molecular complexity index is 1150. The first-order chi connectivity index (χ1) is 15.0. The maximum atomic E-state index is 12.7. The summed E-state index contributed by atoms with van der Waals surface area (Å²) in [5.41, 5.74) is 2.27. The van der Waals surface area contributed by atoms with Crippen LogP contribution in [0.4, 0.5) is 5.95 Å². The largest absolute Gasteiger partial charge is 0.508 e. The third kappa shape index (κ3) is 3.50. The first-order valence-corrected chi connectivity index (χ1v) is 10.1. The maximum Gasteiger partial charge on any atom is 0.341 e. The van der Waals surface area contributed by atoms with Crippen molar-refractivity contribution >= 4 is 17.8 Å². The number of rotatable bonds is 3. The molecule has 156 valence electrons. The van der Waals surface area contributed by atoms with Gasteiger partial charge in [-0.15, -0.1) is 0 Å². The molecular formula is C23H20N4O4. The third-order valence-corrected chi connectivity index (χ3v) is 6.05. The average molecular weight is 416 g/mol. The standard InChI is InChI=1S/C23H20N4O4/c28-17-3-1-2-15(10-17)16-11-25-22(26-12-16)27-20(29)14-4-7-23(8-5-14)19-6-9-24-13-18(19)21(30)31-23/h1-3,6,9-14,28H,4-5,7-8H2,(H,25,26,27,29). The molecule has 3 heterocycles. The van der Waals surface area contributed by atoms with Gasteiger partial charge in [-0.1, -0.05) is 12.1 Å². The van der Waals surface area contributed by atoms with Gasteiger partial charge >= 0.3 is 5.97 Å².